The molecule has 0 bridgehead atoms. The maximum Gasteiger partial charge on any atom is 0.120 e. The van der Waals surface area contributed by atoms with Crippen LogP contribution in [0.2, 0.25) is 0 Å². The lowest BCUT2D eigenvalue weighted by Gasteiger charge is -1.98. The van der Waals surface area contributed by atoms with Crippen LogP contribution in [-0.4, -0.2) is 5.11 Å². The summed E-state index contributed by atoms with van der Waals surface area (Å²) in [4.78, 5) is 0. The van der Waals surface area contributed by atoms with Crippen molar-refractivity contribution < 1.29 is 5.11 Å². The van der Waals surface area contributed by atoms with Crippen LogP contribution in [0.15, 0.2) is 18.2 Å². The third-order valence-corrected chi connectivity index (χ3v) is 1.31. The van der Waals surface area contributed by atoms with Crippen molar-refractivity contribution in [2.24, 2.45) is 0 Å². The third-order valence-electron chi connectivity index (χ3n) is 1.31. The monoisotopic (exact) mass is 122 g/mol. The molecule has 0 aliphatic carbocycles. The van der Waals surface area contributed by atoms with Gasteiger partial charge < -0.3 is 10.8 Å². The molecule has 0 aliphatic rings. The number of nitrogens with one attached hydrogen (secondary N) is 1. The molecule has 1 radical (unpaired) electrons. The highest BCUT2D eigenvalue weighted by molar-refractivity contribution is 5.49. The predicted octanol–water partition coefficient (Wildman–Crippen LogP) is 1.62. The fourth-order valence-corrected chi connectivity index (χ4v) is 0.623. The minimum atomic E-state index is 0.197. The Morgan fingerprint density at radius 1 is 1.44 bits per heavy atom. The van der Waals surface area contributed by atoms with Crippen molar-refractivity contribution >= 4 is 5.69 Å². The third kappa shape index (κ3) is 0.964. The molecule has 1 aromatic carbocycles. The number of rotatable bonds is 0. The van der Waals surface area contributed by atoms with E-state index >= 15 is 0 Å². The highest BCUT2D eigenvalue weighted by Crippen LogP contribution is 2.21. The molecule has 0 spiro atoms. The van der Waals surface area contributed by atoms with E-state index in [4.69, 9.17) is 10.8 Å². The molecule has 9 heavy (non-hydrogen) atoms. The summed E-state index contributed by atoms with van der Waals surface area (Å²) >= 11 is 0. The molecule has 1 aromatic rings. The highest BCUT2D eigenvalue weighted by Gasteiger charge is 1.96. The van der Waals surface area contributed by atoms with E-state index in [2.05, 4.69) is 0 Å². The number of phenolic OH excluding ortho intramolecular Hbond substituents is 1. The van der Waals surface area contributed by atoms with Crippen LogP contribution in [-0.2, 0) is 0 Å². The molecule has 0 amide bonds. The summed E-state index contributed by atoms with van der Waals surface area (Å²) in [6.45, 7) is 1.72. The standard InChI is InChI=1S/C7H8NO/c1-5-6(8)3-2-4-7(5)9/h2-4,8-9H,1H3. The van der Waals surface area contributed by atoms with Gasteiger partial charge in [0.1, 0.15) is 5.75 Å². The first-order valence-corrected chi connectivity index (χ1v) is 2.72. The summed E-state index contributed by atoms with van der Waals surface area (Å²) in [5, 5.41) is 8.98. The Bertz CT molecular complexity index is 200. The van der Waals surface area contributed by atoms with E-state index in [0.29, 0.717) is 11.3 Å². The number of hydrogen-bond acceptors (Lipinski definition) is 1. The summed E-state index contributed by atoms with van der Waals surface area (Å²) in [6.07, 6.45) is 0. The Kier molecular flexibility index (Phi) is 1.30. The lowest BCUT2D eigenvalue weighted by molar-refractivity contribution is 0.471. The normalized spacial score (nSPS) is 9.44. The minimum Gasteiger partial charge on any atom is -0.508 e. The summed E-state index contributed by atoms with van der Waals surface area (Å²) in [7, 11) is 0. The molecular weight excluding hydrogens is 114 g/mol. The predicted molar refractivity (Wildman–Crippen MR) is 35.6 cm³/mol. The molecule has 0 aromatic heterocycles. The van der Waals surface area contributed by atoms with Gasteiger partial charge in [0, 0.05) is 5.56 Å². The van der Waals surface area contributed by atoms with Gasteiger partial charge >= 0.3 is 0 Å². The van der Waals surface area contributed by atoms with Gasteiger partial charge in [-0.1, -0.05) is 6.07 Å². The SMILES string of the molecule is Cc1c([NH])cccc1O. The first-order valence-electron chi connectivity index (χ1n) is 2.72. The summed E-state index contributed by atoms with van der Waals surface area (Å²) in [6, 6.07) is 4.88. The van der Waals surface area contributed by atoms with E-state index in [1.54, 1.807) is 25.1 Å². The molecule has 0 saturated carbocycles. The second-order valence-electron chi connectivity index (χ2n) is 1.95. The topological polar surface area (TPSA) is 44.0 Å². The van der Waals surface area contributed by atoms with Gasteiger partial charge in [0.2, 0.25) is 0 Å². The summed E-state index contributed by atoms with van der Waals surface area (Å²) in [5.41, 5.74) is 8.22. The first-order chi connectivity index (χ1) is 4.22. The molecule has 0 unspecified atom stereocenters. The van der Waals surface area contributed by atoms with Crippen molar-refractivity contribution in [3.8, 4) is 5.75 Å². The van der Waals surface area contributed by atoms with E-state index in [-0.39, 0.29) is 5.75 Å². The quantitative estimate of drug-likeness (QED) is 0.558. The molecular formula is C7H8NO. The zero-order valence-corrected chi connectivity index (χ0v) is 5.18. The average Bonchev–Trinajstić information content (AvgIpc) is 1.83. The molecule has 0 fully saturated rings. The lowest BCUT2D eigenvalue weighted by atomic mass is 10.2. The van der Waals surface area contributed by atoms with Crippen LogP contribution in [0.25, 0.3) is 0 Å². The molecule has 2 N–H and O–H groups in total. The van der Waals surface area contributed by atoms with Gasteiger partial charge in [-0.15, -0.1) is 0 Å². The van der Waals surface area contributed by atoms with Crippen LogP contribution in [0.1, 0.15) is 5.56 Å². The van der Waals surface area contributed by atoms with Crippen molar-refractivity contribution in [1.82, 2.24) is 5.73 Å². The number of benzene rings is 1. The van der Waals surface area contributed by atoms with Crippen molar-refractivity contribution in [2.75, 3.05) is 0 Å². The number of hydrogen-bond donors (Lipinski definition) is 1. The number of phenols is 1. The van der Waals surface area contributed by atoms with Crippen LogP contribution in [0.4, 0.5) is 5.69 Å². The van der Waals surface area contributed by atoms with E-state index in [1.165, 1.54) is 0 Å². The van der Waals surface area contributed by atoms with Gasteiger partial charge in [-0.25, -0.2) is 0 Å². The summed E-state index contributed by atoms with van der Waals surface area (Å²) in [5.74, 6) is 0.197. The fourth-order valence-electron chi connectivity index (χ4n) is 0.623. The maximum absolute atomic E-state index is 8.98. The van der Waals surface area contributed by atoms with Gasteiger partial charge in [-0.3, -0.25) is 0 Å². The van der Waals surface area contributed by atoms with E-state index in [9.17, 15) is 0 Å². The number of aromatic hydroxyl groups is 1. The largest absolute Gasteiger partial charge is 0.508 e. The molecule has 47 valence electrons. The van der Waals surface area contributed by atoms with Crippen LogP contribution >= 0.6 is 0 Å². The van der Waals surface area contributed by atoms with Crippen molar-refractivity contribution in [3.05, 3.63) is 23.8 Å². The van der Waals surface area contributed by atoms with Crippen LogP contribution in [0, 0.1) is 6.92 Å². The second-order valence-corrected chi connectivity index (χ2v) is 1.95. The fraction of sp³-hybridized carbons (Fsp3) is 0.143. The Morgan fingerprint density at radius 3 is 2.56 bits per heavy atom. The van der Waals surface area contributed by atoms with Gasteiger partial charge in [0.05, 0.1) is 5.69 Å². The Balaban J connectivity index is 3.25. The van der Waals surface area contributed by atoms with Crippen LogP contribution in [0.5, 0.6) is 5.75 Å². The molecule has 0 heterocycles. The van der Waals surface area contributed by atoms with Crippen molar-refractivity contribution in [3.63, 3.8) is 0 Å². The van der Waals surface area contributed by atoms with Gasteiger partial charge in [0.25, 0.3) is 0 Å². The zero-order valence-electron chi connectivity index (χ0n) is 5.18. The first kappa shape index (κ1) is 5.95. The van der Waals surface area contributed by atoms with Crippen molar-refractivity contribution in [2.45, 2.75) is 6.92 Å². The highest BCUT2D eigenvalue weighted by atomic mass is 16.3. The maximum atomic E-state index is 8.98. The van der Waals surface area contributed by atoms with Gasteiger partial charge in [0.15, 0.2) is 0 Å². The molecule has 0 aliphatic heterocycles. The van der Waals surface area contributed by atoms with E-state index < -0.39 is 0 Å². The summed E-state index contributed by atoms with van der Waals surface area (Å²) < 4.78 is 0. The molecule has 2 nitrogen and oxygen atoms in total. The Labute approximate surface area is 53.9 Å². The molecule has 1 rings (SSSR count). The zero-order chi connectivity index (χ0) is 6.85. The smallest absolute Gasteiger partial charge is 0.120 e. The minimum absolute atomic E-state index is 0.197. The average molecular weight is 122 g/mol. The molecule has 0 atom stereocenters. The van der Waals surface area contributed by atoms with Crippen LogP contribution in [0.3, 0.4) is 0 Å². The molecule has 0 saturated heterocycles. The Morgan fingerprint density at radius 2 is 2.11 bits per heavy atom. The van der Waals surface area contributed by atoms with Crippen molar-refractivity contribution in [1.29, 1.82) is 0 Å². The lowest BCUT2D eigenvalue weighted by Crippen LogP contribution is -1.76. The second kappa shape index (κ2) is 1.97. The molecule has 2 heteroatoms. The Hall–Kier alpha value is -1.18. The van der Waals surface area contributed by atoms with Gasteiger partial charge in [-0.05, 0) is 19.1 Å². The van der Waals surface area contributed by atoms with E-state index in [0.717, 1.165) is 0 Å². The van der Waals surface area contributed by atoms with Gasteiger partial charge in [-0.2, -0.15) is 0 Å². The van der Waals surface area contributed by atoms with Crippen LogP contribution < -0.4 is 5.73 Å². The van der Waals surface area contributed by atoms with E-state index in [1.807, 2.05) is 0 Å².